The third kappa shape index (κ3) is 4.02. The molecule has 14 heteroatoms. The van der Waals surface area contributed by atoms with E-state index >= 15 is 0 Å². The van der Waals surface area contributed by atoms with E-state index in [0.717, 1.165) is 6.33 Å². The van der Waals surface area contributed by atoms with Crippen molar-refractivity contribution >= 4 is 16.7 Å². The topological polar surface area (TPSA) is 94.3 Å². The van der Waals surface area contributed by atoms with Gasteiger partial charge < -0.3 is 5.32 Å². The van der Waals surface area contributed by atoms with Crippen LogP contribution in [0.4, 0.5) is 32.2 Å². The van der Waals surface area contributed by atoms with Gasteiger partial charge in [0.25, 0.3) is 5.95 Å². The number of rotatable bonds is 4. The van der Waals surface area contributed by atoms with Gasteiger partial charge in [-0.1, -0.05) is 0 Å². The highest BCUT2D eigenvalue weighted by Gasteiger charge is 2.39. The number of nitrogens with one attached hydrogen (secondary N) is 1. The summed E-state index contributed by atoms with van der Waals surface area (Å²) in [5.41, 5.74) is -3.65. The lowest BCUT2D eigenvalue weighted by Gasteiger charge is -2.18. The highest BCUT2D eigenvalue weighted by molar-refractivity contribution is 5.92. The summed E-state index contributed by atoms with van der Waals surface area (Å²) >= 11 is 0. The largest absolute Gasteiger partial charge is 0.418 e. The molecule has 0 aliphatic rings. The molecule has 3 heterocycles. The molecular weight excluding hydrogens is 442 g/mol. The fourth-order valence-corrected chi connectivity index (χ4v) is 3.03. The van der Waals surface area contributed by atoms with Crippen LogP contribution in [0.15, 0.2) is 43.2 Å². The number of hydrogen-bond acceptors (Lipinski definition) is 7. The second-order valence-electron chi connectivity index (χ2n) is 6.58. The van der Waals surface area contributed by atoms with Gasteiger partial charge in [-0.3, -0.25) is 0 Å². The molecule has 1 N–H and O–H groups in total. The first-order chi connectivity index (χ1) is 15.1. The molecule has 0 saturated heterocycles. The van der Waals surface area contributed by atoms with Gasteiger partial charge in [-0.15, -0.1) is 0 Å². The maximum atomic E-state index is 13.5. The van der Waals surface area contributed by atoms with Crippen molar-refractivity contribution in [3.8, 4) is 5.95 Å². The van der Waals surface area contributed by atoms with E-state index in [1.54, 1.807) is 13.0 Å². The zero-order valence-corrected chi connectivity index (χ0v) is 16.0. The third-order valence-corrected chi connectivity index (χ3v) is 4.43. The molecule has 3 aromatic heterocycles. The fraction of sp³-hybridized carbons (Fsp3) is 0.222. The lowest BCUT2D eigenvalue weighted by atomic mass is 10.0. The number of hydrogen-bond donors (Lipinski definition) is 1. The van der Waals surface area contributed by atoms with Crippen LogP contribution in [0.3, 0.4) is 0 Å². The van der Waals surface area contributed by atoms with E-state index in [4.69, 9.17) is 0 Å². The van der Waals surface area contributed by atoms with E-state index < -0.39 is 40.4 Å². The molecular formula is C18H12F6N8. The smallest absolute Gasteiger partial charge is 0.360 e. The Labute approximate surface area is 175 Å². The van der Waals surface area contributed by atoms with Crippen LogP contribution in [0.2, 0.25) is 0 Å². The zero-order chi connectivity index (χ0) is 23.1. The van der Waals surface area contributed by atoms with Crippen LogP contribution in [0.25, 0.3) is 16.9 Å². The van der Waals surface area contributed by atoms with Crippen LogP contribution in [0.5, 0.6) is 0 Å². The zero-order valence-electron chi connectivity index (χ0n) is 16.0. The summed E-state index contributed by atoms with van der Waals surface area (Å²) in [6.07, 6.45) is -5.06. The Morgan fingerprint density at radius 2 is 1.59 bits per heavy atom. The molecule has 0 unspecified atom stereocenters. The normalized spacial score (nSPS) is 13.3. The number of anilines is 1. The summed E-state index contributed by atoms with van der Waals surface area (Å²) in [6, 6.07) is 1.45. The van der Waals surface area contributed by atoms with Crippen molar-refractivity contribution in [1.29, 1.82) is 0 Å². The standard InChI is InChI=1S/C18H12F6N8/c1-9(15-29-8-30-32(15)16-25-3-2-4-26-16)31-14-11-5-10(17(19,20)21)6-12(18(22,23)24)13(11)27-7-28-14/h2-9H,1H3,(H,27,28,31)/t9-/m0/s1. The van der Waals surface area contributed by atoms with Gasteiger partial charge in [0.2, 0.25) is 0 Å². The van der Waals surface area contributed by atoms with Gasteiger partial charge in [0, 0.05) is 17.8 Å². The molecule has 1 atom stereocenters. The second-order valence-corrected chi connectivity index (χ2v) is 6.58. The Bertz CT molecular complexity index is 1250. The Morgan fingerprint density at radius 1 is 0.875 bits per heavy atom. The highest BCUT2D eigenvalue weighted by Crippen LogP contribution is 2.40. The van der Waals surface area contributed by atoms with Crippen molar-refractivity contribution in [3.63, 3.8) is 0 Å². The molecule has 0 aliphatic heterocycles. The minimum Gasteiger partial charge on any atom is -0.360 e. The van der Waals surface area contributed by atoms with Gasteiger partial charge in [-0.05, 0) is 25.1 Å². The summed E-state index contributed by atoms with van der Waals surface area (Å²) in [5, 5.41) is 6.36. The number of benzene rings is 1. The molecule has 4 rings (SSSR count). The van der Waals surface area contributed by atoms with Gasteiger partial charge in [0.1, 0.15) is 18.5 Å². The summed E-state index contributed by atoms with van der Waals surface area (Å²) in [7, 11) is 0. The van der Waals surface area contributed by atoms with Crippen molar-refractivity contribution in [2.75, 3.05) is 5.32 Å². The fourth-order valence-electron chi connectivity index (χ4n) is 3.03. The monoisotopic (exact) mass is 454 g/mol. The van der Waals surface area contributed by atoms with E-state index in [0.29, 0.717) is 6.07 Å². The van der Waals surface area contributed by atoms with E-state index in [-0.39, 0.29) is 23.7 Å². The Balaban J connectivity index is 1.80. The van der Waals surface area contributed by atoms with Gasteiger partial charge in [0.15, 0.2) is 5.82 Å². The third-order valence-electron chi connectivity index (χ3n) is 4.43. The Kier molecular flexibility index (Phi) is 5.14. The molecule has 0 fully saturated rings. The molecule has 0 amide bonds. The predicted octanol–water partition coefficient (Wildman–Crippen LogP) is 4.21. The van der Waals surface area contributed by atoms with Crippen LogP contribution in [0.1, 0.15) is 29.9 Å². The number of nitrogens with zero attached hydrogens (tertiary/aromatic N) is 7. The second kappa shape index (κ2) is 7.69. The first-order valence-corrected chi connectivity index (χ1v) is 8.92. The molecule has 8 nitrogen and oxygen atoms in total. The molecule has 0 spiro atoms. The molecule has 4 aromatic rings. The van der Waals surface area contributed by atoms with Crippen molar-refractivity contribution in [2.24, 2.45) is 0 Å². The van der Waals surface area contributed by atoms with Crippen LogP contribution >= 0.6 is 0 Å². The average Bonchev–Trinajstić information content (AvgIpc) is 3.22. The molecule has 32 heavy (non-hydrogen) atoms. The van der Waals surface area contributed by atoms with Crippen molar-refractivity contribution in [1.82, 2.24) is 34.7 Å². The van der Waals surface area contributed by atoms with E-state index in [1.165, 1.54) is 23.4 Å². The maximum Gasteiger partial charge on any atom is 0.418 e. The van der Waals surface area contributed by atoms with Gasteiger partial charge in [0.05, 0.1) is 22.7 Å². The summed E-state index contributed by atoms with van der Waals surface area (Å²) in [4.78, 5) is 19.6. The van der Waals surface area contributed by atoms with Crippen LogP contribution in [-0.2, 0) is 12.4 Å². The quantitative estimate of drug-likeness (QED) is 0.462. The van der Waals surface area contributed by atoms with E-state index in [1.807, 2.05) is 0 Å². The molecule has 0 aliphatic carbocycles. The number of halogens is 6. The number of fused-ring (bicyclic) bond motifs is 1. The maximum absolute atomic E-state index is 13.5. The average molecular weight is 454 g/mol. The lowest BCUT2D eigenvalue weighted by molar-refractivity contribution is -0.142. The first-order valence-electron chi connectivity index (χ1n) is 8.92. The first kappa shape index (κ1) is 21.4. The molecule has 0 saturated carbocycles. The predicted molar refractivity (Wildman–Crippen MR) is 98.5 cm³/mol. The SMILES string of the molecule is C[C@H](Nc1ncnc2c(C(F)(F)F)cc(C(F)(F)F)cc12)c1ncnn1-c1ncccn1. The molecule has 0 radical (unpaired) electrons. The Hall–Kier alpha value is -3.84. The minimum atomic E-state index is -5.05. The van der Waals surface area contributed by atoms with E-state index in [9.17, 15) is 26.3 Å². The molecule has 0 bridgehead atoms. The molecule has 166 valence electrons. The van der Waals surface area contributed by atoms with Crippen molar-refractivity contribution < 1.29 is 26.3 Å². The summed E-state index contributed by atoms with van der Waals surface area (Å²) in [5.74, 6) is 0.202. The lowest BCUT2D eigenvalue weighted by Crippen LogP contribution is -2.17. The van der Waals surface area contributed by atoms with Crippen LogP contribution < -0.4 is 5.32 Å². The highest BCUT2D eigenvalue weighted by atomic mass is 19.4. The van der Waals surface area contributed by atoms with Crippen molar-refractivity contribution in [2.45, 2.75) is 25.3 Å². The van der Waals surface area contributed by atoms with Crippen molar-refractivity contribution in [3.05, 3.63) is 60.2 Å². The summed E-state index contributed by atoms with van der Waals surface area (Å²) in [6.45, 7) is 1.58. The van der Waals surface area contributed by atoms with Gasteiger partial charge in [-0.2, -0.15) is 36.1 Å². The minimum absolute atomic E-state index is 0.0336. The Morgan fingerprint density at radius 3 is 2.25 bits per heavy atom. The van der Waals surface area contributed by atoms with Crippen LogP contribution in [0, 0.1) is 0 Å². The molecule has 1 aromatic carbocycles. The van der Waals surface area contributed by atoms with Gasteiger partial charge in [-0.25, -0.2) is 24.9 Å². The number of alkyl halides is 6. The van der Waals surface area contributed by atoms with Crippen LogP contribution in [-0.4, -0.2) is 34.7 Å². The van der Waals surface area contributed by atoms with Gasteiger partial charge >= 0.3 is 12.4 Å². The number of aromatic nitrogens is 7. The summed E-state index contributed by atoms with van der Waals surface area (Å²) < 4.78 is 81.5. The van der Waals surface area contributed by atoms with E-state index in [2.05, 4.69) is 35.3 Å².